The van der Waals surface area contributed by atoms with Gasteiger partial charge in [-0.2, -0.15) is 0 Å². The maximum Gasteiger partial charge on any atom is 0.251 e. The van der Waals surface area contributed by atoms with E-state index in [9.17, 15) is 13.2 Å². The second-order valence-corrected chi connectivity index (χ2v) is 7.57. The summed E-state index contributed by atoms with van der Waals surface area (Å²) in [5.74, 6) is -0.323. The van der Waals surface area contributed by atoms with Gasteiger partial charge in [0.15, 0.2) is 0 Å². The average molecular weight is 329 g/mol. The van der Waals surface area contributed by atoms with E-state index in [0.29, 0.717) is 11.1 Å². The molecular formula is C13H19N3O3S2. The van der Waals surface area contributed by atoms with Crippen LogP contribution in [0.2, 0.25) is 0 Å². The van der Waals surface area contributed by atoms with Gasteiger partial charge in [0.25, 0.3) is 5.91 Å². The third-order valence-electron chi connectivity index (χ3n) is 2.56. The van der Waals surface area contributed by atoms with Crippen LogP contribution in [-0.4, -0.2) is 37.7 Å². The zero-order chi connectivity index (χ0) is 16.3. The molecule has 1 rings (SSSR count). The first kappa shape index (κ1) is 17.5. The van der Waals surface area contributed by atoms with Gasteiger partial charge in [-0.05, 0) is 26.0 Å². The third-order valence-corrected chi connectivity index (χ3v) is 3.72. The largest absolute Gasteiger partial charge is 0.389 e. The number of thiocarbonyl (C=S) groups is 1. The lowest BCUT2D eigenvalue weighted by Crippen LogP contribution is -2.51. The van der Waals surface area contributed by atoms with Crippen molar-refractivity contribution in [3.05, 3.63) is 35.4 Å². The molecule has 4 N–H and O–H groups in total. The van der Waals surface area contributed by atoms with Crippen LogP contribution in [-0.2, 0) is 10.0 Å². The Morgan fingerprint density at radius 1 is 1.33 bits per heavy atom. The number of rotatable bonds is 6. The summed E-state index contributed by atoms with van der Waals surface area (Å²) in [6.45, 7) is 3.51. The van der Waals surface area contributed by atoms with Crippen LogP contribution in [0.15, 0.2) is 24.3 Å². The summed E-state index contributed by atoms with van der Waals surface area (Å²) in [6.07, 6.45) is 1.07. The molecule has 0 radical (unpaired) electrons. The highest BCUT2D eigenvalue weighted by atomic mass is 32.2. The van der Waals surface area contributed by atoms with Gasteiger partial charge in [-0.3, -0.25) is 4.79 Å². The summed E-state index contributed by atoms with van der Waals surface area (Å²) >= 11 is 4.86. The first-order valence-electron chi connectivity index (χ1n) is 6.17. The standard InChI is InChI=1S/C13H19N3O3S2/c1-13(2,16-21(3,18)19)8-15-12(17)10-6-4-5-9(7-10)11(14)20/h4-7,16H,8H2,1-3H3,(H2,14,20)(H,15,17). The van der Waals surface area contributed by atoms with Gasteiger partial charge in [0, 0.05) is 23.2 Å². The molecule has 1 aromatic rings. The Kier molecular flexibility index (Phi) is 5.43. The number of hydrogen-bond acceptors (Lipinski definition) is 4. The van der Waals surface area contributed by atoms with Crippen LogP contribution in [0.1, 0.15) is 29.8 Å². The van der Waals surface area contributed by atoms with E-state index in [1.807, 2.05) is 0 Å². The van der Waals surface area contributed by atoms with Gasteiger partial charge in [-0.1, -0.05) is 24.4 Å². The second-order valence-electron chi connectivity index (χ2n) is 5.39. The highest BCUT2D eigenvalue weighted by Crippen LogP contribution is 2.07. The van der Waals surface area contributed by atoms with Crippen LogP contribution in [0.5, 0.6) is 0 Å². The molecule has 0 fully saturated rings. The highest BCUT2D eigenvalue weighted by Gasteiger charge is 2.23. The number of carbonyl (C=O) groups is 1. The molecule has 116 valence electrons. The average Bonchev–Trinajstić information content (AvgIpc) is 2.33. The molecule has 0 heterocycles. The van der Waals surface area contributed by atoms with E-state index in [0.717, 1.165) is 6.26 Å². The smallest absolute Gasteiger partial charge is 0.251 e. The number of nitrogens with one attached hydrogen (secondary N) is 2. The summed E-state index contributed by atoms with van der Waals surface area (Å²) in [5, 5.41) is 2.68. The zero-order valence-corrected chi connectivity index (χ0v) is 13.8. The van der Waals surface area contributed by atoms with Crippen LogP contribution in [0.25, 0.3) is 0 Å². The number of benzene rings is 1. The van der Waals surface area contributed by atoms with E-state index in [-0.39, 0.29) is 17.4 Å². The molecule has 0 aliphatic rings. The van der Waals surface area contributed by atoms with E-state index in [1.54, 1.807) is 38.1 Å². The van der Waals surface area contributed by atoms with E-state index >= 15 is 0 Å². The Hall–Kier alpha value is -1.51. The van der Waals surface area contributed by atoms with Gasteiger partial charge >= 0.3 is 0 Å². The van der Waals surface area contributed by atoms with Crippen molar-refractivity contribution in [2.45, 2.75) is 19.4 Å². The zero-order valence-electron chi connectivity index (χ0n) is 12.1. The predicted octanol–water partition coefficient (Wildman–Crippen LogP) is 0.378. The Morgan fingerprint density at radius 2 is 1.90 bits per heavy atom. The maximum absolute atomic E-state index is 12.1. The molecular weight excluding hydrogens is 310 g/mol. The molecule has 1 aromatic carbocycles. The minimum atomic E-state index is -3.35. The molecule has 0 aliphatic heterocycles. The van der Waals surface area contributed by atoms with Crippen LogP contribution in [0.4, 0.5) is 0 Å². The maximum atomic E-state index is 12.1. The molecule has 0 saturated heterocycles. The lowest BCUT2D eigenvalue weighted by Gasteiger charge is -2.25. The molecule has 1 amide bonds. The van der Waals surface area contributed by atoms with Crippen molar-refractivity contribution in [1.82, 2.24) is 10.0 Å². The molecule has 0 saturated carbocycles. The fraction of sp³-hybridized carbons (Fsp3) is 0.385. The molecule has 0 spiro atoms. The summed E-state index contributed by atoms with van der Waals surface area (Å²) in [5.41, 5.74) is 5.75. The van der Waals surface area contributed by atoms with Crippen LogP contribution < -0.4 is 15.8 Å². The van der Waals surface area contributed by atoms with Crippen molar-refractivity contribution >= 4 is 33.1 Å². The van der Waals surface area contributed by atoms with Gasteiger partial charge in [0.05, 0.1) is 6.26 Å². The Bertz CT molecular complexity index is 654. The topological polar surface area (TPSA) is 101 Å². The van der Waals surface area contributed by atoms with Gasteiger partial charge in [0.1, 0.15) is 4.99 Å². The van der Waals surface area contributed by atoms with Crippen molar-refractivity contribution in [3.63, 3.8) is 0 Å². The van der Waals surface area contributed by atoms with Crippen molar-refractivity contribution in [2.75, 3.05) is 12.8 Å². The minimum Gasteiger partial charge on any atom is -0.389 e. The quantitative estimate of drug-likeness (QED) is 0.655. The normalized spacial score (nSPS) is 12.0. The number of amides is 1. The van der Waals surface area contributed by atoms with E-state index in [4.69, 9.17) is 18.0 Å². The van der Waals surface area contributed by atoms with E-state index in [2.05, 4.69) is 10.0 Å². The highest BCUT2D eigenvalue weighted by molar-refractivity contribution is 7.88. The molecule has 0 aromatic heterocycles. The van der Waals surface area contributed by atoms with Gasteiger partial charge in [-0.25, -0.2) is 13.1 Å². The Labute approximate surface area is 130 Å². The lowest BCUT2D eigenvalue weighted by molar-refractivity contribution is 0.0944. The minimum absolute atomic E-state index is 0.149. The Balaban J connectivity index is 2.74. The van der Waals surface area contributed by atoms with Gasteiger partial charge in [0.2, 0.25) is 10.0 Å². The fourth-order valence-electron chi connectivity index (χ4n) is 1.75. The molecule has 0 unspecified atom stereocenters. The number of sulfonamides is 1. The van der Waals surface area contributed by atoms with Crippen molar-refractivity contribution in [3.8, 4) is 0 Å². The SMILES string of the molecule is CC(C)(CNC(=O)c1cccc(C(N)=S)c1)NS(C)(=O)=O. The van der Waals surface area contributed by atoms with Crippen molar-refractivity contribution < 1.29 is 13.2 Å². The van der Waals surface area contributed by atoms with Gasteiger partial charge in [-0.15, -0.1) is 0 Å². The summed E-state index contributed by atoms with van der Waals surface area (Å²) in [7, 11) is -3.35. The summed E-state index contributed by atoms with van der Waals surface area (Å²) in [6, 6.07) is 6.63. The summed E-state index contributed by atoms with van der Waals surface area (Å²) in [4.78, 5) is 12.3. The first-order chi connectivity index (χ1) is 9.50. The molecule has 0 atom stereocenters. The first-order valence-corrected chi connectivity index (χ1v) is 8.47. The fourth-order valence-corrected chi connectivity index (χ4v) is 2.96. The predicted molar refractivity (Wildman–Crippen MR) is 86.7 cm³/mol. The van der Waals surface area contributed by atoms with Crippen molar-refractivity contribution in [1.29, 1.82) is 0 Å². The van der Waals surface area contributed by atoms with Crippen LogP contribution >= 0.6 is 12.2 Å². The number of nitrogens with two attached hydrogens (primary N) is 1. The van der Waals surface area contributed by atoms with Crippen LogP contribution in [0.3, 0.4) is 0 Å². The Morgan fingerprint density at radius 3 is 2.43 bits per heavy atom. The third kappa shape index (κ3) is 6.19. The van der Waals surface area contributed by atoms with Gasteiger partial charge < -0.3 is 11.1 Å². The second kappa shape index (κ2) is 6.50. The number of hydrogen-bond donors (Lipinski definition) is 3. The van der Waals surface area contributed by atoms with Crippen molar-refractivity contribution in [2.24, 2.45) is 5.73 Å². The lowest BCUT2D eigenvalue weighted by atomic mass is 10.1. The van der Waals surface area contributed by atoms with E-state index in [1.165, 1.54) is 0 Å². The molecule has 0 aliphatic carbocycles. The van der Waals surface area contributed by atoms with E-state index < -0.39 is 15.6 Å². The molecule has 8 heteroatoms. The van der Waals surface area contributed by atoms with Crippen LogP contribution in [0, 0.1) is 0 Å². The monoisotopic (exact) mass is 329 g/mol. The number of carbonyl (C=O) groups excluding carboxylic acids is 1. The molecule has 21 heavy (non-hydrogen) atoms. The molecule has 6 nitrogen and oxygen atoms in total. The summed E-state index contributed by atoms with van der Waals surface area (Å²) < 4.78 is 24.9. The molecule has 0 bridgehead atoms.